The summed E-state index contributed by atoms with van der Waals surface area (Å²) in [5, 5.41) is 8.84. The second kappa shape index (κ2) is 4.68. The van der Waals surface area contributed by atoms with Crippen LogP contribution in [0.25, 0.3) is 0 Å². The first-order chi connectivity index (χ1) is 5.11. The zero-order valence-electron chi connectivity index (χ0n) is 6.36. The lowest BCUT2D eigenvalue weighted by Crippen LogP contribution is -2.25. The average Bonchev–Trinajstić information content (AvgIpc) is 2.02. The van der Waals surface area contributed by atoms with Crippen LogP contribution in [0.1, 0.15) is 6.42 Å². The molecule has 5 nitrogen and oxygen atoms in total. The van der Waals surface area contributed by atoms with Gasteiger partial charge in [-0.2, -0.15) is 0 Å². The van der Waals surface area contributed by atoms with Crippen molar-refractivity contribution in [1.82, 2.24) is 0 Å². The normalized spacial score (nSPS) is 11.9. The first-order valence-electron chi connectivity index (χ1n) is 2.94. The number of hydrogen-bond donors (Lipinski definition) is 1. The van der Waals surface area contributed by atoms with E-state index in [9.17, 15) is 9.59 Å². The van der Waals surface area contributed by atoms with Crippen LogP contribution in [-0.2, 0) is 19.1 Å². The second-order valence-corrected chi connectivity index (χ2v) is 1.82. The summed E-state index contributed by atoms with van der Waals surface area (Å²) >= 11 is 0. The lowest BCUT2D eigenvalue weighted by Gasteiger charge is -2.05. The summed E-state index contributed by atoms with van der Waals surface area (Å²) in [4.78, 5) is 20.9. The lowest BCUT2D eigenvalue weighted by atomic mass is 10.2. The van der Waals surface area contributed by atoms with E-state index in [-0.39, 0.29) is 6.42 Å². The topological polar surface area (TPSA) is 72.8 Å². The Morgan fingerprint density at radius 3 is 2.27 bits per heavy atom. The van der Waals surface area contributed by atoms with Gasteiger partial charge in [-0.15, -0.1) is 0 Å². The van der Waals surface area contributed by atoms with Gasteiger partial charge in [-0.3, -0.25) is 4.79 Å². The second-order valence-electron chi connectivity index (χ2n) is 1.82. The number of esters is 2. The van der Waals surface area contributed by atoms with Crippen molar-refractivity contribution >= 4 is 11.9 Å². The summed E-state index contributed by atoms with van der Waals surface area (Å²) in [5.74, 6) is -1.49. The minimum absolute atomic E-state index is 0.372. The Morgan fingerprint density at radius 2 is 1.91 bits per heavy atom. The molecule has 0 spiro atoms. The molecule has 64 valence electrons. The van der Waals surface area contributed by atoms with Gasteiger partial charge in [0.2, 0.25) is 0 Å². The standard InChI is InChI=1S/C6H10O5/c1-10-5(8)3-4(7)6(9)11-2/h4,7H,3H2,1-2H3. The molecule has 0 heterocycles. The molecule has 0 aliphatic rings. The van der Waals surface area contributed by atoms with Crippen LogP contribution in [0.4, 0.5) is 0 Å². The molecule has 0 bridgehead atoms. The maximum absolute atomic E-state index is 10.5. The van der Waals surface area contributed by atoms with Crippen LogP contribution in [0, 0.1) is 0 Å². The molecule has 5 heteroatoms. The van der Waals surface area contributed by atoms with Crippen molar-refractivity contribution in [3.63, 3.8) is 0 Å². The summed E-state index contributed by atoms with van der Waals surface area (Å²) in [7, 11) is 2.30. The fourth-order valence-corrected chi connectivity index (χ4v) is 0.461. The number of hydrogen-bond acceptors (Lipinski definition) is 5. The monoisotopic (exact) mass is 162 g/mol. The highest BCUT2D eigenvalue weighted by molar-refractivity contribution is 5.81. The molecule has 0 aliphatic carbocycles. The van der Waals surface area contributed by atoms with Gasteiger partial charge in [0.15, 0.2) is 6.10 Å². The largest absolute Gasteiger partial charge is 0.469 e. The van der Waals surface area contributed by atoms with Gasteiger partial charge in [-0.25, -0.2) is 4.79 Å². The average molecular weight is 162 g/mol. The zero-order valence-corrected chi connectivity index (χ0v) is 6.36. The van der Waals surface area contributed by atoms with Crippen LogP contribution in [0.2, 0.25) is 0 Å². The Hall–Kier alpha value is -1.10. The van der Waals surface area contributed by atoms with E-state index in [1.54, 1.807) is 0 Å². The highest BCUT2D eigenvalue weighted by Crippen LogP contribution is 1.95. The number of aliphatic hydroxyl groups excluding tert-OH is 1. The van der Waals surface area contributed by atoms with E-state index in [1.165, 1.54) is 7.11 Å². The molecule has 0 aromatic carbocycles. The molecule has 0 fully saturated rings. The number of carbonyl (C=O) groups excluding carboxylic acids is 2. The van der Waals surface area contributed by atoms with Crippen LogP contribution >= 0.6 is 0 Å². The van der Waals surface area contributed by atoms with Crippen molar-refractivity contribution < 1.29 is 24.2 Å². The van der Waals surface area contributed by atoms with Crippen LogP contribution in [-0.4, -0.2) is 37.4 Å². The smallest absolute Gasteiger partial charge is 0.335 e. The molecule has 0 amide bonds. The molecule has 1 N–H and O–H groups in total. The summed E-state index contributed by atoms with van der Waals surface area (Å²) in [5.41, 5.74) is 0. The van der Waals surface area contributed by atoms with Gasteiger partial charge in [0, 0.05) is 0 Å². The first kappa shape index (κ1) is 9.90. The molecular weight excluding hydrogens is 152 g/mol. The lowest BCUT2D eigenvalue weighted by molar-refractivity contribution is -0.156. The predicted octanol–water partition coefficient (Wildman–Crippen LogP) is -0.917. The molecule has 0 saturated heterocycles. The maximum atomic E-state index is 10.5. The SMILES string of the molecule is COC(=O)CC(O)C(=O)OC. The summed E-state index contributed by atoms with van der Waals surface area (Å²) in [6.45, 7) is 0. The minimum atomic E-state index is -1.42. The van der Waals surface area contributed by atoms with E-state index in [0.717, 1.165) is 7.11 Å². The Balaban J connectivity index is 3.77. The van der Waals surface area contributed by atoms with Crippen molar-refractivity contribution in [2.45, 2.75) is 12.5 Å². The van der Waals surface area contributed by atoms with Crippen molar-refractivity contribution in [2.75, 3.05) is 14.2 Å². The summed E-state index contributed by atoms with van der Waals surface area (Å²) < 4.78 is 8.37. The van der Waals surface area contributed by atoms with E-state index >= 15 is 0 Å². The van der Waals surface area contributed by atoms with Gasteiger partial charge < -0.3 is 14.6 Å². The van der Waals surface area contributed by atoms with Crippen LogP contribution in [0.3, 0.4) is 0 Å². The maximum Gasteiger partial charge on any atom is 0.335 e. The van der Waals surface area contributed by atoms with Gasteiger partial charge in [-0.1, -0.05) is 0 Å². The third kappa shape index (κ3) is 3.57. The van der Waals surface area contributed by atoms with E-state index in [4.69, 9.17) is 5.11 Å². The minimum Gasteiger partial charge on any atom is -0.469 e. The molecule has 1 atom stereocenters. The van der Waals surface area contributed by atoms with Gasteiger partial charge in [0.05, 0.1) is 20.6 Å². The molecule has 0 aliphatic heterocycles. The van der Waals surface area contributed by atoms with E-state index in [1.807, 2.05) is 0 Å². The zero-order chi connectivity index (χ0) is 8.85. The predicted molar refractivity (Wildman–Crippen MR) is 34.7 cm³/mol. The quantitative estimate of drug-likeness (QED) is 0.543. The number of carbonyl (C=O) groups is 2. The van der Waals surface area contributed by atoms with Crippen molar-refractivity contribution in [1.29, 1.82) is 0 Å². The third-order valence-electron chi connectivity index (χ3n) is 1.06. The highest BCUT2D eigenvalue weighted by Gasteiger charge is 2.19. The van der Waals surface area contributed by atoms with Crippen molar-refractivity contribution in [3.05, 3.63) is 0 Å². The molecule has 0 saturated carbocycles. The number of ether oxygens (including phenoxy) is 2. The number of methoxy groups -OCH3 is 2. The molecule has 0 rings (SSSR count). The van der Waals surface area contributed by atoms with Gasteiger partial charge >= 0.3 is 11.9 Å². The molecule has 1 unspecified atom stereocenters. The molecule has 11 heavy (non-hydrogen) atoms. The molecule has 0 radical (unpaired) electrons. The Morgan fingerprint density at radius 1 is 1.36 bits per heavy atom. The highest BCUT2D eigenvalue weighted by atomic mass is 16.5. The van der Waals surface area contributed by atoms with Crippen molar-refractivity contribution in [2.24, 2.45) is 0 Å². The van der Waals surface area contributed by atoms with Gasteiger partial charge in [-0.05, 0) is 0 Å². The Kier molecular flexibility index (Phi) is 4.21. The van der Waals surface area contributed by atoms with Crippen molar-refractivity contribution in [3.8, 4) is 0 Å². The molecular formula is C6H10O5. The molecule has 0 aromatic heterocycles. The fraction of sp³-hybridized carbons (Fsp3) is 0.667. The summed E-state index contributed by atoms with van der Waals surface area (Å²) in [6.07, 6.45) is -1.80. The fourth-order valence-electron chi connectivity index (χ4n) is 0.461. The first-order valence-corrected chi connectivity index (χ1v) is 2.94. The molecule has 0 aromatic rings. The number of aliphatic hydroxyl groups is 1. The third-order valence-corrected chi connectivity index (χ3v) is 1.06. The number of rotatable bonds is 3. The van der Waals surface area contributed by atoms with E-state index in [2.05, 4.69) is 9.47 Å². The van der Waals surface area contributed by atoms with E-state index < -0.39 is 18.0 Å². The van der Waals surface area contributed by atoms with Gasteiger partial charge in [0.25, 0.3) is 0 Å². The van der Waals surface area contributed by atoms with Crippen LogP contribution < -0.4 is 0 Å². The summed E-state index contributed by atoms with van der Waals surface area (Å²) in [6, 6.07) is 0. The van der Waals surface area contributed by atoms with Gasteiger partial charge in [0.1, 0.15) is 0 Å². The van der Waals surface area contributed by atoms with E-state index in [0.29, 0.717) is 0 Å². The Labute approximate surface area is 63.9 Å². The van der Waals surface area contributed by atoms with Crippen LogP contribution in [0.15, 0.2) is 0 Å². The Bertz CT molecular complexity index is 153. The van der Waals surface area contributed by atoms with Crippen LogP contribution in [0.5, 0.6) is 0 Å².